The van der Waals surface area contributed by atoms with E-state index in [1.807, 2.05) is 31.2 Å². The first-order valence-corrected chi connectivity index (χ1v) is 7.31. The van der Waals surface area contributed by atoms with Crippen LogP contribution in [0.1, 0.15) is 46.1 Å². The first-order chi connectivity index (χ1) is 9.18. The molecule has 1 saturated carbocycles. The largest absolute Gasteiger partial charge is 0.399 e. The summed E-state index contributed by atoms with van der Waals surface area (Å²) in [5, 5.41) is 3.09. The van der Waals surface area contributed by atoms with Crippen LogP contribution in [0.15, 0.2) is 24.3 Å². The van der Waals surface area contributed by atoms with Gasteiger partial charge in [0, 0.05) is 12.2 Å². The molecule has 1 atom stereocenters. The van der Waals surface area contributed by atoms with Crippen LogP contribution in [-0.4, -0.2) is 12.5 Å². The van der Waals surface area contributed by atoms with E-state index in [1.165, 1.54) is 0 Å². The number of anilines is 1. The van der Waals surface area contributed by atoms with Gasteiger partial charge in [0.2, 0.25) is 5.91 Å². The van der Waals surface area contributed by atoms with Crippen LogP contribution in [-0.2, 0) is 4.79 Å². The predicted octanol–water partition coefficient (Wildman–Crippen LogP) is 3.17. The maximum atomic E-state index is 12.3. The number of hydrogen-bond donors (Lipinski definition) is 2. The molecule has 110 valence electrons. The highest BCUT2D eigenvalue weighted by molar-refractivity contribution is 5.83. The Morgan fingerprint density at radius 1 is 1.30 bits per heavy atom. The molecule has 0 aromatic heterocycles. The van der Waals surface area contributed by atoms with Gasteiger partial charge in [-0.2, -0.15) is 0 Å². The summed E-state index contributed by atoms with van der Waals surface area (Å²) in [6, 6.07) is 7.55. The number of nitrogens with two attached hydrogens (primary N) is 1. The first kappa shape index (κ1) is 14.9. The molecule has 1 aromatic carbocycles. The molecule has 0 heterocycles. The molecule has 1 aliphatic carbocycles. The number of carbonyl (C=O) groups is 1. The Kier molecular flexibility index (Phi) is 3.57. The van der Waals surface area contributed by atoms with Gasteiger partial charge in [0.1, 0.15) is 0 Å². The van der Waals surface area contributed by atoms with Crippen LogP contribution in [0.25, 0.3) is 0 Å². The summed E-state index contributed by atoms with van der Waals surface area (Å²) in [7, 11) is 0. The minimum atomic E-state index is -0.163. The SMILES string of the molecule is CC(C(=O)NCC1C(C)(C)C1(C)C)c1cccc(N)c1. The summed E-state index contributed by atoms with van der Waals surface area (Å²) in [4.78, 5) is 12.3. The lowest BCUT2D eigenvalue weighted by atomic mass is 9.99. The lowest BCUT2D eigenvalue weighted by Crippen LogP contribution is -2.30. The molecule has 1 aromatic rings. The van der Waals surface area contributed by atoms with E-state index >= 15 is 0 Å². The van der Waals surface area contributed by atoms with Crippen molar-refractivity contribution in [1.82, 2.24) is 5.32 Å². The van der Waals surface area contributed by atoms with Crippen LogP contribution < -0.4 is 11.1 Å². The van der Waals surface area contributed by atoms with E-state index in [9.17, 15) is 4.79 Å². The average Bonchev–Trinajstić information content (AvgIpc) is 2.76. The average molecular weight is 274 g/mol. The van der Waals surface area contributed by atoms with Gasteiger partial charge in [0.05, 0.1) is 5.92 Å². The van der Waals surface area contributed by atoms with Crippen molar-refractivity contribution in [3.05, 3.63) is 29.8 Å². The summed E-state index contributed by atoms with van der Waals surface area (Å²) in [5.41, 5.74) is 8.05. The van der Waals surface area contributed by atoms with Gasteiger partial charge in [-0.3, -0.25) is 4.79 Å². The Morgan fingerprint density at radius 2 is 1.90 bits per heavy atom. The molecule has 0 bridgehead atoms. The third kappa shape index (κ3) is 2.41. The van der Waals surface area contributed by atoms with Crippen LogP contribution in [0.4, 0.5) is 5.69 Å². The Balaban J connectivity index is 1.93. The molecule has 1 fully saturated rings. The maximum absolute atomic E-state index is 12.3. The highest BCUT2D eigenvalue weighted by atomic mass is 16.1. The van der Waals surface area contributed by atoms with E-state index in [0.29, 0.717) is 22.4 Å². The fraction of sp³-hybridized carbons (Fsp3) is 0.588. The Morgan fingerprint density at radius 3 is 2.40 bits per heavy atom. The molecule has 3 N–H and O–H groups in total. The molecule has 0 saturated heterocycles. The number of nitrogens with one attached hydrogen (secondary N) is 1. The van der Waals surface area contributed by atoms with Gasteiger partial charge in [0.25, 0.3) is 0 Å². The van der Waals surface area contributed by atoms with Crippen molar-refractivity contribution in [2.45, 2.75) is 40.5 Å². The Labute approximate surface area is 121 Å². The number of amides is 1. The van der Waals surface area contributed by atoms with Gasteiger partial charge < -0.3 is 11.1 Å². The minimum Gasteiger partial charge on any atom is -0.399 e. The molecule has 0 spiro atoms. The highest BCUT2D eigenvalue weighted by Crippen LogP contribution is 2.67. The van der Waals surface area contributed by atoms with E-state index in [1.54, 1.807) is 0 Å². The fourth-order valence-electron chi connectivity index (χ4n) is 3.18. The molecule has 2 rings (SSSR count). The quantitative estimate of drug-likeness (QED) is 0.829. The molecule has 1 amide bonds. The van der Waals surface area contributed by atoms with Crippen LogP contribution in [0.3, 0.4) is 0 Å². The number of nitrogen functional groups attached to an aromatic ring is 1. The predicted molar refractivity (Wildman–Crippen MR) is 83.3 cm³/mol. The molecular formula is C17H26N2O. The van der Waals surface area contributed by atoms with E-state index in [4.69, 9.17) is 5.73 Å². The number of rotatable bonds is 4. The standard InChI is InChI=1S/C17H26N2O/c1-11(12-7-6-8-13(18)9-12)15(20)19-10-14-16(2,3)17(14,4)5/h6-9,11,14H,10,18H2,1-5H3,(H,19,20). The van der Waals surface area contributed by atoms with Crippen molar-refractivity contribution < 1.29 is 4.79 Å². The molecule has 0 aliphatic heterocycles. The topological polar surface area (TPSA) is 55.1 Å². The van der Waals surface area contributed by atoms with Gasteiger partial charge >= 0.3 is 0 Å². The van der Waals surface area contributed by atoms with Gasteiger partial charge in [-0.15, -0.1) is 0 Å². The highest BCUT2D eigenvalue weighted by Gasteiger charge is 2.64. The maximum Gasteiger partial charge on any atom is 0.227 e. The zero-order valence-electron chi connectivity index (χ0n) is 13.2. The van der Waals surface area contributed by atoms with E-state index in [-0.39, 0.29) is 11.8 Å². The number of benzene rings is 1. The van der Waals surface area contributed by atoms with Crippen LogP contribution in [0.2, 0.25) is 0 Å². The zero-order chi connectivity index (χ0) is 15.1. The summed E-state index contributed by atoms with van der Waals surface area (Å²) < 4.78 is 0. The monoisotopic (exact) mass is 274 g/mol. The van der Waals surface area contributed by atoms with Crippen LogP contribution in [0, 0.1) is 16.7 Å². The van der Waals surface area contributed by atoms with E-state index < -0.39 is 0 Å². The molecule has 1 aliphatic rings. The Hall–Kier alpha value is -1.51. The second-order valence-electron chi connectivity index (χ2n) is 7.13. The first-order valence-electron chi connectivity index (χ1n) is 7.31. The van der Waals surface area contributed by atoms with Gasteiger partial charge in [-0.05, 0) is 41.4 Å². The normalized spacial score (nSPS) is 21.2. The Bertz CT molecular complexity index is 505. The van der Waals surface area contributed by atoms with E-state index in [2.05, 4.69) is 33.0 Å². The second-order valence-corrected chi connectivity index (χ2v) is 7.13. The van der Waals surface area contributed by atoms with E-state index in [0.717, 1.165) is 12.1 Å². The minimum absolute atomic E-state index is 0.0779. The molecule has 1 unspecified atom stereocenters. The number of carbonyl (C=O) groups excluding carboxylic acids is 1. The zero-order valence-corrected chi connectivity index (χ0v) is 13.2. The summed E-state index contributed by atoms with van der Waals surface area (Å²) in [6.45, 7) is 11.8. The van der Waals surface area contributed by atoms with Crippen molar-refractivity contribution in [3.8, 4) is 0 Å². The third-order valence-electron chi connectivity index (χ3n) is 5.60. The van der Waals surface area contributed by atoms with Gasteiger partial charge in [-0.1, -0.05) is 39.8 Å². The molecule has 3 nitrogen and oxygen atoms in total. The van der Waals surface area contributed by atoms with Crippen LogP contribution >= 0.6 is 0 Å². The number of hydrogen-bond acceptors (Lipinski definition) is 2. The van der Waals surface area contributed by atoms with Crippen molar-refractivity contribution in [3.63, 3.8) is 0 Å². The summed E-state index contributed by atoms with van der Waals surface area (Å²) in [5.74, 6) is 0.463. The second kappa shape index (κ2) is 4.80. The van der Waals surface area contributed by atoms with Crippen molar-refractivity contribution in [2.24, 2.45) is 16.7 Å². The summed E-state index contributed by atoms with van der Waals surface area (Å²) in [6.07, 6.45) is 0. The van der Waals surface area contributed by atoms with Crippen LogP contribution in [0.5, 0.6) is 0 Å². The third-order valence-corrected chi connectivity index (χ3v) is 5.60. The molecular weight excluding hydrogens is 248 g/mol. The van der Waals surface area contributed by atoms with Crippen molar-refractivity contribution >= 4 is 11.6 Å². The molecule has 3 heteroatoms. The fourth-order valence-corrected chi connectivity index (χ4v) is 3.18. The van der Waals surface area contributed by atoms with Crippen molar-refractivity contribution in [1.29, 1.82) is 0 Å². The lowest BCUT2D eigenvalue weighted by molar-refractivity contribution is -0.122. The molecule has 20 heavy (non-hydrogen) atoms. The summed E-state index contributed by atoms with van der Waals surface area (Å²) >= 11 is 0. The van der Waals surface area contributed by atoms with Gasteiger partial charge in [0.15, 0.2) is 0 Å². The van der Waals surface area contributed by atoms with Gasteiger partial charge in [-0.25, -0.2) is 0 Å². The van der Waals surface area contributed by atoms with Crippen molar-refractivity contribution in [2.75, 3.05) is 12.3 Å². The lowest BCUT2D eigenvalue weighted by Gasteiger charge is -2.13. The molecule has 0 radical (unpaired) electrons. The smallest absolute Gasteiger partial charge is 0.227 e.